The number of hydrogen-bond donors (Lipinski definition) is 0. The van der Waals surface area contributed by atoms with Gasteiger partial charge in [-0.05, 0) is 58.7 Å². The Labute approximate surface area is 237 Å². The molecular formula is C33H30N2O6. The van der Waals surface area contributed by atoms with Crippen molar-refractivity contribution in [1.82, 2.24) is 9.80 Å². The second kappa shape index (κ2) is 9.19. The fourth-order valence-corrected chi connectivity index (χ4v) is 7.35. The van der Waals surface area contributed by atoms with Crippen LogP contribution in [0.2, 0.25) is 0 Å². The van der Waals surface area contributed by atoms with Crippen molar-refractivity contribution >= 4 is 40.0 Å². The van der Waals surface area contributed by atoms with Crippen molar-refractivity contribution in [1.29, 1.82) is 0 Å². The molecule has 3 aliphatic carbocycles. The standard InChI is InChI=1S/C33H30N2O6/c1-33-13-12-23-26-22(31(38)35(32(23)39)15-5-17-41-3)9-7-19(28(26)33)18-6-8-20-25-21(10-11-24(33)27(18)25)30(37)34(29(20)36)14-4-16-40-2/h6-13,28H,4-5,14-17H2,1-3H3. The smallest absolute Gasteiger partial charge is 0.261 e. The summed E-state index contributed by atoms with van der Waals surface area (Å²) in [7, 11) is 3.20. The Balaban J connectivity index is 1.40. The van der Waals surface area contributed by atoms with E-state index in [9.17, 15) is 19.2 Å². The molecule has 7 rings (SSSR count). The van der Waals surface area contributed by atoms with Crippen LogP contribution in [0.4, 0.5) is 0 Å². The van der Waals surface area contributed by atoms with E-state index in [1.807, 2.05) is 42.5 Å². The number of fused-ring (bicyclic) bond motifs is 2. The van der Waals surface area contributed by atoms with Gasteiger partial charge in [-0.25, -0.2) is 0 Å². The Hall–Kier alpha value is -4.14. The van der Waals surface area contributed by atoms with Crippen LogP contribution in [0, 0.1) is 5.92 Å². The summed E-state index contributed by atoms with van der Waals surface area (Å²) in [6.45, 7) is 3.62. The van der Waals surface area contributed by atoms with Gasteiger partial charge in [-0.15, -0.1) is 0 Å². The quantitative estimate of drug-likeness (QED) is 0.365. The molecule has 0 aromatic heterocycles. The number of nitrogens with zero attached hydrogens (tertiary/aromatic N) is 2. The van der Waals surface area contributed by atoms with Crippen molar-refractivity contribution in [3.63, 3.8) is 0 Å². The molecule has 8 nitrogen and oxygen atoms in total. The molecule has 208 valence electrons. The molecule has 4 amide bonds. The maximum Gasteiger partial charge on any atom is 0.261 e. The van der Waals surface area contributed by atoms with Gasteiger partial charge in [0.1, 0.15) is 0 Å². The molecule has 0 saturated heterocycles. The summed E-state index contributed by atoms with van der Waals surface area (Å²) < 4.78 is 10.3. The Morgan fingerprint density at radius 1 is 0.756 bits per heavy atom. The first-order valence-corrected chi connectivity index (χ1v) is 14.0. The number of ether oxygens (including phenoxy) is 2. The lowest BCUT2D eigenvalue weighted by Gasteiger charge is -2.49. The summed E-state index contributed by atoms with van der Waals surface area (Å²) in [4.78, 5) is 57.0. The summed E-state index contributed by atoms with van der Waals surface area (Å²) in [6, 6.07) is 7.59. The maximum absolute atomic E-state index is 13.6. The van der Waals surface area contributed by atoms with Crippen LogP contribution in [0.25, 0.3) is 16.3 Å². The number of imide groups is 2. The van der Waals surface area contributed by atoms with Crippen LogP contribution >= 0.6 is 0 Å². The van der Waals surface area contributed by atoms with Crippen LogP contribution < -0.4 is 0 Å². The molecule has 2 heterocycles. The van der Waals surface area contributed by atoms with Crippen molar-refractivity contribution in [3.8, 4) is 0 Å². The SMILES string of the molecule is COCCCN1C(=O)C2=CC=C3c4ccc5c6c(ccc(c46)C4(C)C=CC(=C2C34)C1=O)C(=O)N(CCCOC)C5=O. The van der Waals surface area contributed by atoms with Gasteiger partial charge >= 0.3 is 0 Å². The largest absolute Gasteiger partial charge is 0.385 e. The van der Waals surface area contributed by atoms with E-state index in [2.05, 4.69) is 13.0 Å². The highest BCUT2D eigenvalue weighted by Crippen LogP contribution is 2.59. The van der Waals surface area contributed by atoms with E-state index in [1.165, 1.54) is 9.80 Å². The summed E-state index contributed by atoms with van der Waals surface area (Å²) >= 11 is 0. The number of rotatable bonds is 8. The minimum atomic E-state index is -0.588. The average molecular weight is 551 g/mol. The van der Waals surface area contributed by atoms with Gasteiger partial charge in [-0.2, -0.15) is 0 Å². The van der Waals surface area contributed by atoms with Gasteiger partial charge in [0.2, 0.25) is 0 Å². The molecule has 0 fully saturated rings. The predicted octanol–water partition coefficient (Wildman–Crippen LogP) is 3.95. The van der Waals surface area contributed by atoms with Crippen LogP contribution in [0.3, 0.4) is 0 Å². The van der Waals surface area contributed by atoms with E-state index in [-0.39, 0.29) is 29.5 Å². The van der Waals surface area contributed by atoms with Gasteiger partial charge in [0.05, 0.1) is 0 Å². The van der Waals surface area contributed by atoms with E-state index in [1.54, 1.807) is 14.2 Å². The number of hydrogen-bond acceptors (Lipinski definition) is 6. The second-order valence-electron chi connectivity index (χ2n) is 11.4. The Bertz CT molecular complexity index is 1700. The Morgan fingerprint density at radius 2 is 1.37 bits per heavy atom. The third-order valence-electron chi connectivity index (χ3n) is 9.22. The zero-order valence-electron chi connectivity index (χ0n) is 23.3. The van der Waals surface area contributed by atoms with Crippen molar-refractivity contribution in [2.24, 2.45) is 5.92 Å². The molecule has 0 N–H and O–H groups in total. The van der Waals surface area contributed by atoms with Gasteiger partial charge in [-0.1, -0.05) is 37.3 Å². The Kier molecular flexibility index (Phi) is 5.78. The number of allylic oxidation sites excluding steroid dienone is 4. The topological polar surface area (TPSA) is 93.2 Å². The summed E-state index contributed by atoms with van der Waals surface area (Å²) in [6.07, 6.45) is 8.85. The average Bonchev–Trinajstić information content (AvgIpc) is 2.97. The minimum absolute atomic E-state index is 0.246. The van der Waals surface area contributed by atoms with E-state index < -0.39 is 5.41 Å². The lowest BCUT2D eigenvalue weighted by Crippen LogP contribution is -2.49. The fraction of sp³-hybridized carbons (Fsp3) is 0.333. The van der Waals surface area contributed by atoms with Crippen molar-refractivity contribution in [2.75, 3.05) is 40.5 Å². The van der Waals surface area contributed by atoms with Crippen molar-refractivity contribution in [3.05, 3.63) is 87.5 Å². The highest BCUT2D eigenvalue weighted by Gasteiger charge is 2.53. The van der Waals surface area contributed by atoms with Gasteiger partial charge in [0.25, 0.3) is 23.6 Å². The summed E-state index contributed by atoms with van der Waals surface area (Å²) in [5, 5.41) is 1.57. The molecule has 2 aliphatic heterocycles. The summed E-state index contributed by atoms with van der Waals surface area (Å²) in [5.74, 6) is -1.40. The minimum Gasteiger partial charge on any atom is -0.385 e. The third kappa shape index (κ3) is 3.35. The molecule has 41 heavy (non-hydrogen) atoms. The van der Waals surface area contributed by atoms with Crippen molar-refractivity contribution in [2.45, 2.75) is 25.2 Å². The maximum atomic E-state index is 13.6. The van der Waals surface area contributed by atoms with Crippen molar-refractivity contribution < 1.29 is 28.7 Å². The number of carbonyl (C=O) groups excluding carboxylic acids is 4. The molecule has 0 radical (unpaired) electrons. The second-order valence-corrected chi connectivity index (χ2v) is 11.4. The van der Waals surface area contributed by atoms with Gasteiger partial charge in [0, 0.05) is 79.5 Å². The van der Waals surface area contributed by atoms with Gasteiger partial charge in [0.15, 0.2) is 0 Å². The molecule has 2 aromatic carbocycles. The molecule has 2 aromatic rings. The first-order chi connectivity index (χ1) is 19.8. The number of carbonyl (C=O) groups is 4. The molecule has 0 saturated carbocycles. The van der Waals surface area contributed by atoms with E-state index in [0.717, 1.165) is 27.7 Å². The molecule has 0 spiro atoms. The van der Waals surface area contributed by atoms with E-state index in [4.69, 9.17) is 9.47 Å². The number of amides is 4. The molecular weight excluding hydrogens is 520 g/mol. The molecule has 2 unspecified atom stereocenters. The normalized spacial score (nSPS) is 23.8. The first-order valence-electron chi connectivity index (χ1n) is 14.0. The van der Waals surface area contributed by atoms with E-state index >= 15 is 0 Å². The fourth-order valence-electron chi connectivity index (χ4n) is 7.35. The monoisotopic (exact) mass is 550 g/mol. The highest BCUT2D eigenvalue weighted by atomic mass is 16.5. The third-order valence-corrected chi connectivity index (χ3v) is 9.22. The summed E-state index contributed by atoms with van der Waals surface area (Å²) in [5.41, 5.74) is 5.20. The van der Waals surface area contributed by atoms with Crippen LogP contribution in [0.15, 0.2) is 65.3 Å². The number of methoxy groups -OCH3 is 2. The zero-order chi connectivity index (χ0) is 28.6. The molecule has 0 bridgehead atoms. The zero-order valence-corrected chi connectivity index (χ0v) is 23.3. The Morgan fingerprint density at radius 3 is 2.02 bits per heavy atom. The number of benzene rings is 2. The van der Waals surface area contributed by atoms with Crippen LogP contribution in [-0.4, -0.2) is 74.0 Å². The molecule has 5 aliphatic rings. The van der Waals surface area contributed by atoms with E-state index in [0.29, 0.717) is 66.8 Å². The lowest BCUT2D eigenvalue weighted by molar-refractivity contribution is -0.140. The van der Waals surface area contributed by atoms with Gasteiger partial charge < -0.3 is 9.47 Å². The first kappa shape index (κ1) is 25.8. The van der Waals surface area contributed by atoms with Gasteiger partial charge in [-0.3, -0.25) is 29.0 Å². The van der Waals surface area contributed by atoms with Crippen LogP contribution in [0.5, 0.6) is 0 Å². The van der Waals surface area contributed by atoms with Crippen LogP contribution in [-0.2, 0) is 24.5 Å². The predicted molar refractivity (Wildman–Crippen MR) is 152 cm³/mol. The lowest BCUT2D eigenvalue weighted by atomic mass is 9.54. The molecule has 8 heteroatoms. The highest BCUT2D eigenvalue weighted by molar-refractivity contribution is 6.28. The van der Waals surface area contributed by atoms with Crippen LogP contribution in [0.1, 0.15) is 51.6 Å². The molecule has 2 atom stereocenters.